The van der Waals surface area contributed by atoms with Gasteiger partial charge in [0.25, 0.3) is 0 Å². The molecule has 26 heavy (non-hydrogen) atoms. The maximum absolute atomic E-state index is 12.7. The number of benzene rings is 1. The van der Waals surface area contributed by atoms with Gasteiger partial charge in [-0.3, -0.25) is 9.59 Å². The van der Waals surface area contributed by atoms with Crippen LogP contribution in [0.15, 0.2) is 24.3 Å². The second-order valence-corrected chi connectivity index (χ2v) is 7.42. The van der Waals surface area contributed by atoms with Crippen LogP contribution in [0.5, 0.6) is 0 Å². The van der Waals surface area contributed by atoms with Crippen LogP contribution in [0.2, 0.25) is 0 Å². The first-order chi connectivity index (χ1) is 12.1. The molecule has 0 spiro atoms. The van der Waals surface area contributed by atoms with Crippen molar-refractivity contribution in [1.82, 2.24) is 15.1 Å². The van der Waals surface area contributed by atoms with E-state index in [1.165, 1.54) is 28.8 Å². The molecule has 0 aromatic heterocycles. The van der Waals surface area contributed by atoms with Crippen LogP contribution in [0.3, 0.4) is 0 Å². The molecule has 1 aliphatic heterocycles. The zero-order valence-electron chi connectivity index (χ0n) is 14.8. The molecule has 9 heteroatoms. The third-order valence-electron chi connectivity index (χ3n) is 4.08. The minimum absolute atomic E-state index is 0.195. The van der Waals surface area contributed by atoms with Crippen LogP contribution in [0.4, 0.5) is 13.2 Å². The molecule has 1 heterocycles. The summed E-state index contributed by atoms with van der Waals surface area (Å²) in [5.41, 5.74) is -0.168. The second kappa shape index (κ2) is 8.30. The van der Waals surface area contributed by atoms with E-state index in [4.69, 9.17) is 0 Å². The molecule has 0 bridgehead atoms. The fraction of sp³-hybridized carbons (Fsp3) is 0.529. The topological polar surface area (TPSA) is 52.7 Å². The average molecular weight is 389 g/mol. The number of carbonyl (C=O) groups is 2. The fourth-order valence-corrected chi connectivity index (χ4v) is 3.89. The number of amides is 2. The molecule has 2 atom stereocenters. The Bertz CT molecular complexity index is 650. The number of alkyl halides is 3. The van der Waals surface area contributed by atoms with Gasteiger partial charge in [-0.2, -0.15) is 13.2 Å². The number of hydrogen-bond acceptors (Lipinski definition) is 4. The summed E-state index contributed by atoms with van der Waals surface area (Å²) in [5.74, 6) is -0.282. The maximum atomic E-state index is 12.7. The van der Waals surface area contributed by atoms with Crippen molar-refractivity contribution in [2.45, 2.75) is 24.5 Å². The van der Waals surface area contributed by atoms with Gasteiger partial charge < -0.3 is 15.1 Å². The van der Waals surface area contributed by atoms with Crippen molar-refractivity contribution in [3.05, 3.63) is 35.4 Å². The highest BCUT2D eigenvalue weighted by molar-refractivity contribution is 8.00. The second-order valence-electron chi connectivity index (χ2n) is 6.35. The SMILES string of the molecule is C[C@H](C(=O)NCCN(C)C)N1C(=O)CS[C@@H]1c1ccc(C(F)(F)F)cc1. The van der Waals surface area contributed by atoms with Gasteiger partial charge in [-0.25, -0.2) is 0 Å². The van der Waals surface area contributed by atoms with Gasteiger partial charge in [-0.15, -0.1) is 11.8 Å². The normalized spacial score (nSPS) is 19.1. The summed E-state index contributed by atoms with van der Waals surface area (Å²) in [7, 11) is 3.77. The minimum atomic E-state index is -4.41. The Labute approximate surface area is 154 Å². The summed E-state index contributed by atoms with van der Waals surface area (Å²) < 4.78 is 38.2. The van der Waals surface area contributed by atoms with Crippen molar-refractivity contribution < 1.29 is 22.8 Å². The third kappa shape index (κ3) is 4.91. The van der Waals surface area contributed by atoms with Crippen LogP contribution < -0.4 is 5.32 Å². The molecule has 0 radical (unpaired) electrons. The van der Waals surface area contributed by atoms with Crippen molar-refractivity contribution in [3.63, 3.8) is 0 Å². The lowest BCUT2D eigenvalue weighted by Gasteiger charge is -2.30. The number of likely N-dealkylation sites (N-methyl/N-ethyl adjacent to an activating group) is 1. The summed E-state index contributed by atoms with van der Waals surface area (Å²) in [6.07, 6.45) is -4.41. The van der Waals surface area contributed by atoms with Gasteiger partial charge in [0.1, 0.15) is 11.4 Å². The molecule has 0 unspecified atom stereocenters. The standard InChI is InChI=1S/C17H22F3N3O2S/c1-11(15(25)21-8-9-22(2)3)23-14(24)10-26-16(23)12-4-6-13(7-5-12)17(18,19)20/h4-7,11,16H,8-10H2,1-3H3,(H,21,25)/t11-,16-/m1/s1. The third-order valence-corrected chi connectivity index (χ3v) is 5.31. The van der Waals surface area contributed by atoms with Crippen molar-refractivity contribution in [3.8, 4) is 0 Å². The minimum Gasteiger partial charge on any atom is -0.353 e. The predicted octanol–water partition coefficient (Wildman–Crippen LogP) is 2.35. The first kappa shape index (κ1) is 20.6. The Morgan fingerprint density at radius 1 is 1.35 bits per heavy atom. The van der Waals surface area contributed by atoms with Crippen LogP contribution in [-0.2, 0) is 15.8 Å². The Balaban J connectivity index is 2.11. The van der Waals surface area contributed by atoms with Crippen LogP contribution in [0.25, 0.3) is 0 Å². The molecule has 1 N–H and O–H groups in total. The predicted molar refractivity (Wildman–Crippen MR) is 94.5 cm³/mol. The molecule has 1 saturated heterocycles. The van der Waals surface area contributed by atoms with Gasteiger partial charge in [0.05, 0.1) is 11.3 Å². The van der Waals surface area contributed by atoms with E-state index in [2.05, 4.69) is 5.32 Å². The molecule has 1 fully saturated rings. The van der Waals surface area contributed by atoms with E-state index in [9.17, 15) is 22.8 Å². The summed E-state index contributed by atoms with van der Waals surface area (Å²) in [4.78, 5) is 28.0. The maximum Gasteiger partial charge on any atom is 0.416 e. The highest BCUT2D eigenvalue weighted by Crippen LogP contribution is 2.41. The molecule has 1 aliphatic rings. The molecule has 2 amide bonds. The molecule has 5 nitrogen and oxygen atoms in total. The monoisotopic (exact) mass is 389 g/mol. The largest absolute Gasteiger partial charge is 0.416 e. The van der Waals surface area contributed by atoms with Crippen molar-refractivity contribution >= 4 is 23.6 Å². The fourth-order valence-electron chi connectivity index (χ4n) is 2.63. The lowest BCUT2D eigenvalue weighted by Crippen LogP contribution is -2.47. The van der Waals surface area contributed by atoms with Crippen molar-refractivity contribution in [1.29, 1.82) is 0 Å². The van der Waals surface area contributed by atoms with Crippen molar-refractivity contribution in [2.75, 3.05) is 32.9 Å². The van der Waals surface area contributed by atoms with Crippen LogP contribution >= 0.6 is 11.8 Å². The Morgan fingerprint density at radius 3 is 2.50 bits per heavy atom. The molecule has 1 aromatic carbocycles. The quantitative estimate of drug-likeness (QED) is 0.812. The Hall–Kier alpha value is -1.74. The number of nitrogens with zero attached hydrogens (tertiary/aromatic N) is 2. The number of nitrogens with one attached hydrogen (secondary N) is 1. The average Bonchev–Trinajstić information content (AvgIpc) is 2.94. The summed E-state index contributed by atoms with van der Waals surface area (Å²) in [5, 5.41) is 2.31. The van der Waals surface area contributed by atoms with Gasteiger partial charge in [-0.1, -0.05) is 12.1 Å². The molecular formula is C17H22F3N3O2S. The summed E-state index contributed by atoms with van der Waals surface area (Å²) >= 11 is 1.31. The van der Waals surface area contributed by atoms with Gasteiger partial charge >= 0.3 is 6.18 Å². The highest BCUT2D eigenvalue weighted by Gasteiger charge is 2.39. The number of thioether (sulfide) groups is 1. The molecule has 1 aromatic rings. The van der Waals surface area contributed by atoms with Gasteiger partial charge in [0.15, 0.2) is 0 Å². The number of carbonyl (C=O) groups excluding carboxylic acids is 2. The Kier molecular flexibility index (Phi) is 6.57. The van der Waals surface area contributed by atoms with E-state index < -0.39 is 23.2 Å². The number of halogens is 3. The molecule has 0 aliphatic carbocycles. The molecule has 0 saturated carbocycles. The first-order valence-corrected chi connectivity index (χ1v) is 9.18. The van der Waals surface area contributed by atoms with E-state index in [1.54, 1.807) is 6.92 Å². The number of hydrogen-bond donors (Lipinski definition) is 1. The summed E-state index contributed by atoms with van der Waals surface area (Å²) in [6, 6.07) is 4.02. The van der Waals surface area contributed by atoms with E-state index in [1.807, 2.05) is 19.0 Å². The zero-order valence-corrected chi connectivity index (χ0v) is 15.7. The van der Waals surface area contributed by atoms with E-state index >= 15 is 0 Å². The van der Waals surface area contributed by atoms with Crippen molar-refractivity contribution in [2.24, 2.45) is 0 Å². The first-order valence-electron chi connectivity index (χ1n) is 8.13. The van der Waals surface area contributed by atoms with E-state index in [0.29, 0.717) is 18.7 Å². The molecular weight excluding hydrogens is 367 g/mol. The van der Waals surface area contributed by atoms with Crippen LogP contribution in [0.1, 0.15) is 23.4 Å². The van der Waals surface area contributed by atoms with E-state index in [0.717, 1.165) is 12.1 Å². The molecule has 2 rings (SSSR count). The van der Waals surface area contributed by atoms with Crippen LogP contribution in [-0.4, -0.2) is 60.6 Å². The zero-order chi connectivity index (χ0) is 19.5. The highest BCUT2D eigenvalue weighted by atomic mass is 32.2. The smallest absolute Gasteiger partial charge is 0.353 e. The lowest BCUT2D eigenvalue weighted by molar-refractivity contribution is -0.138. The summed E-state index contributed by atoms with van der Waals surface area (Å²) in [6.45, 7) is 2.76. The Morgan fingerprint density at radius 2 is 1.96 bits per heavy atom. The van der Waals surface area contributed by atoms with Gasteiger partial charge in [0, 0.05) is 13.1 Å². The van der Waals surface area contributed by atoms with Gasteiger partial charge in [0.2, 0.25) is 11.8 Å². The number of rotatable bonds is 6. The molecule has 144 valence electrons. The lowest BCUT2D eigenvalue weighted by atomic mass is 10.1. The van der Waals surface area contributed by atoms with E-state index in [-0.39, 0.29) is 17.6 Å². The van der Waals surface area contributed by atoms with Gasteiger partial charge in [-0.05, 0) is 38.7 Å². The van der Waals surface area contributed by atoms with Crippen LogP contribution in [0, 0.1) is 0 Å².